The number of rotatable bonds is 42. The topological polar surface area (TPSA) is 501 Å². The van der Waals surface area contributed by atoms with Crippen molar-refractivity contribution in [3.8, 4) is 34.5 Å². The summed E-state index contributed by atoms with van der Waals surface area (Å²) in [5, 5.41) is 15.6. The zero-order valence-corrected chi connectivity index (χ0v) is 91.1. The molecule has 0 radical (unpaired) electrons. The van der Waals surface area contributed by atoms with Crippen LogP contribution < -0.4 is 62.8 Å². The minimum atomic E-state index is -0.794. The van der Waals surface area contributed by atoms with E-state index in [9.17, 15) is 5.11 Å². The molecule has 0 amide bonds. The highest BCUT2D eigenvalue weighted by atomic mass is 16.5. The number of H-pyrrole nitrogens is 1. The molecule has 0 saturated carbocycles. The largest absolute Gasteiger partial charge is 0.496 e. The Balaban J connectivity index is 0.000000150. The van der Waals surface area contributed by atoms with Gasteiger partial charge in [-0.3, -0.25) is 0 Å². The van der Waals surface area contributed by atoms with Crippen molar-refractivity contribution in [3.05, 3.63) is 144 Å². The number of anilines is 6. The molecule has 39 nitrogen and oxygen atoms in total. The van der Waals surface area contributed by atoms with E-state index in [-0.39, 0.29) is 12.2 Å². The molecule has 6 aromatic carbocycles. The number of aromatic nitrogens is 18. The van der Waals surface area contributed by atoms with Crippen molar-refractivity contribution in [2.75, 3.05) is 128 Å². The van der Waals surface area contributed by atoms with E-state index < -0.39 is 5.60 Å². The van der Waals surface area contributed by atoms with Gasteiger partial charge in [0.15, 0.2) is 29.1 Å². The van der Waals surface area contributed by atoms with Crippen molar-refractivity contribution in [2.24, 2.45) is 38.9 Å². The minimum absolute atomic E-state index is 0.165. The summed E-state index contributed by atoms with van der Waals surface area (Å²) in [6.45, 7) is 47.2. The number of fused-ring (bicyclic) bond motifs is 18. The van der Waals surface area contributed by atoms with Crippen LogP contribution in [0.2, 0.25) is 0 Å². The molecule has 12 aromatic heterocycles. The molecule has 14 N–H and O–H groups in total. The number of ether oxygens (including phenoxy) is 14. The first-order valence-corrected chi connectivity index (χ1v) is 51.4. The van der Waals surface area contributed by atoms with E-state index in [1.54, 1.807) is 28.1 Å². The van der Waals surface area contributed by atoms with Crippen LogP contribution in [-0.2, 0) is 112 Å². The Kier molecular flexibility index (Phi) is 39.4. The van der Waals surface area contributed by atoms with Crippen LogP contribution in [0.3, 0.4) is 0 Å². The molecule has 0 aliphatic carbocycles. The van der Waals surface area contributed by atoms with Crippen LogP contribution in [0.25, 0.3) is 132 Å². The number of aryl methyl sites for hydroxylation is 4. The molecule has 150 heavy (non-hydrogen) atoms. The third-order valence-electron chi connectivity index (χ3n) is 24.4. The molecule has 18 aromatic rings. The van der Waals surface area contributed by atoms with Crippen LogP contribution in [0.15, 0.2) is 109 Å². The van der Waals surface area contributed by atoms with E-state index in [0.717, 1.165) is 174 Å². The standard InChI is InChI=1S/3C19H26N4O3.C19H26N4O2.C18H24N4O2.C17H22N4O2/c1-5-26-11-14-22-16-17(23(14)10-9-19(2,3)24)15-12(21-18(16)20)7-6-8-13(15)25-4;1-5-25-11-15-22-17-18(23(15)9-10-26-12(2)3)16-13(21-19(17)20)7-6-8-14(16)24-4;1-5-24-11-15-22-17-18(23(15)4)16-13(21-19(17)20)7-6-8-14(16)26-10-9-25-12(2)3;1-5-24-11-15-22-17-18(23(15)4)16-13(21-19(17)20)7-6-8-14(16)25-10-9-12(2)3;1-5-23-10-14-21-16-17(22(14)4)15-12(20-18(16)19)7-6-8-13(15)24-9-11(2)3;1-4-22-9-13-20-15-14-11(19-17(18)16(15)21-13)6-5-7-12(14)23-8-10(2)3/h6-8,24H,5,9-11H2,1-4H3,(H2,20,21);2*6-8,12H,5,9-11H2,1-4H3,(H2,20,21);6-8,12H,5,9-11H2,1-4H3,(H2,20,21);6-8,11H,5,9-10H2,1-4H3,(H2,19,20);5-7,10H,4,8-9H2,1-3H3,(H2,18,19)(H,20,21). The van der Waals surface area contributed by atoms with Gasteiger partial charge >= 0.3 is 0 Å². The lowest BCUT2D eigenvalue weighted by molar-refractivity contribution is 0.0556. The van der Waals surface area contributed by atoms with Gasteiger partial charge in [0.2, 0.25) is 0 Å². The summed E-state index contributed by atoms with van der Waals surface area (Å²) in [5.41, 5.74) is 50.3. The Morgan fingerprint density at radius 2 is 0.620 bits per heavy atom. The predicted octanol–water partition coefficient (Wildman–Crippen LogP) is 19.3. The van der Waals surface area contributed by atoms with E-state index in [2.05, 4.69) is 110 Å². The average Bonchev–Trinajstić information content (AvgIpc) is 1.56. The smallest absolute Gasteiger partial charge is 0.152 e. The lowest BCUT2D eigenvalue weighted by atomic mass is 10.1. The van der Waals surface area contributed by atoms with E-state index in [0.29, 0.717) is 224 Å². The van der Waals surface area contributed by atoms with Crippen molar-refractivity contribution in [2.45, 2.75) is 208 Å². The Labute approximate surface area is 874 Å². The van der Waals surface area contributed by atoms with Crippen LogP contribution in [0.1, 0.15) is 172 Å². The fourth-order valence-electron chi connectivity index (χ4n) is 17.1. The van der Waals surface area contributed by atoms with Crippen LogP contribution in [0.5, 0.6) is 34.5 Å². The Morgan fingerprint density at radius 3 is 0.967 bits per heavy atom. The number of imidazole rings is 6. The quantitative estimate of drug-likeness (QED) is 0.0165. The first-order valence-electron chi connectivity index (χ1n) is 51.4. The molecule has 18 rings (SSSR count). The summed E-state index contributed by atoms with van der Waals surface area (Å²) in [6, 6.07) is 34.7. The van der Waals surface area contributed by atoms with E-state index in [1.807, 2.05) is 213 Å². The van der Waals surface area contributed by atoms with Gasteiger partial charge < -0.3 is 134 Å². The molecular weight excluding hydrogens is 1910 g/mol. The zero-order chi connectivity index (χ0) is 108. The number of methoxy groups -OCH3 is 2. The van der Waals surface area contributed by atoms with Crippen molar-refractivity contribution in [1.29, 1.82) is 0 Å². The van der Waals surface area contributed by atoms with Crippen LogP contribution in [0, 0.1) is 17.8 Å². The fraction of sp³-hybridized carbons (Fsp3) is 0.459. The number of aromatic amines is 1. The minimum Gasteiger partial charge on any atom is -0.496 e. The molecule has 12 heterocycles. The van der Waals surface area contributed by atoms with Gasteiger partial charge in [0.25, 0.3) is 0 Å². The molecule has 39 heteroatoms. The molecule has 0 atom stereocenters. The number of hydrogen-bond donors (Lipinski definition) is 8. The maximum Gasteiger partial charge on any atom is 0.152 e. The SMILES string of the molecule is CCOCc1nc2c(N)nc3cccc(OC)c3c2n1CCC(C)(C)O.CCOCc1nc2c(N)nc3cccc(OC)c3c2n1CCOC(C)C.CCOCc1nc2c(N)nc3cccc(OCC(C)C)c3c2n1C.CCOCc1nc2c(N)nc3cccc(OCCC(C)C)c3c2n1C.CCOCc1nc2c(N)nc3cccc(OCCOC(C)C)c3c2n1C.CCOCc1nc2c([nH]1)c(N)nc1cccc(OCC(C)C)c12. The number of nitrogens with zero attached hydrogens (tertiary/aromatic N) is 17. The lowest BCUT2D eigenvalue weighted by Gasteiger charge is -2.19. The van der Waals surface area contributed by atoms with Gasteiger partial charge in [-0.2, -0.15) is 0 Å². The van der Waals surface area contributed by atoms with E-state index in [1.165, 1.54) is 0 Å². The second-order valence-corrected chi connectivity index (χ2v) is 38.3. The molecular formula is C111H150N24O15. The Bertz CT molecular complexity index is 7610. The Morgan fingerprint density at radius 1 is 0.320 bits per heavy atom. The third-order valence-corrected chi connectivity index (χ3v) is 24.4. The highest BCUT2D eigenvalue weighted by molar-refractivity contribution is 6.14. The van der Waals surface area contributed by atoms with Gasteiger partial charge in [0.05, 0.1) is 158 Å². The second kappa shape index (κ2) is 52.3. The normalized spacial score (nSPS) is 11.8. The molecule has 0 bridgehead atoms. The highest BCUT2D eigenvalue weighted by Gasteiger charge is 2.28. The summed E-state index contributed by atoms with van der Waals surface area (Å²) in [4.78, 5) is 58.2. The molecule has 0 spiro atoms. The third kappa shape index (κ3) is 26.8. The van der Waals surface area contributed by atoms with Crippen LogP contribution >= 0.6 is 0 Å². The molecule has 804 valence electrons. The van der Waals surface area contributed by atoms with Crippen LogP contribution in [-0.4, -0.2) is 204 Å². The average molecular weight is 2060 g/mol. The Hall–Kier alpha value is -14.2. The van der Waals surface area contributed by atoms with Gasteiger partial charge in [-0.15, -0.1) is 0 Å². The maximum atomic E-state index is 10.2. The van der Waals surface area contributed by atoms with Crippen molar-refractivity contribution in [3.63, 3.8) is 0 Å². The maximum absolute atomic E-state index is 10.2. The highest BCUT2D eigenvalue weighted by Crippen LogP contribution is 2.43. The van der Waals surface area contributed by atoms with Gasteiger partial charge in [-0.05, 0) is 186 Å². The van der Waals surface area contributed by atoms with Crippen molar-refractivity contribution >= 4 is 167 Å². The van der Waals surface area contributed by atoms with Gasteiger partial charge in [-0.1, -0.05) is 77.9 Å². The predicted molar refractivity (Wildman–Crippen MR) is 595 cm³/mol. The molecule has 0 fully saturated rings. The summed E-state index contributed by atoms with van der Waals surface area (Å²) < 4.78 is 89.9. The number of hydrogen-bond acceptors (Lipinski definition) is 33. The van der Waals surface area contributed by atoms with Gasteiger partial charge in [0.1, 0.15) is 160 Å². The number of nitrogens with one attached hydrogen (secondary N) is 1. The molecule has 0 aliphatic heterocycles. The van der Waals surface area contributed by atoms with Crippen LogP contribution in [0.4, 0.5) is 34.9 Å². The van der Waals surface area contributed by atoms with E-state index in [4.69, 9.17) is 106 Å². The van der Waals surface area contributed by atoms with Crippen molar-refractivity contribution < 1.29 is 71.4 Å². The summed E-state index contributed by atoms with van der Waals surface area (Å²) in [6.07, 6.45) is 1.91. The molecule has 0 unspecified atom stereocenters. The number of aliphatic hydroxyl groups is 1. The van der Waals surface area contributed by atoms with Crippen molar-refractivity contribution in [1.82, 2.24) is 87.6 Å². The first-order chi connectivity index (χ1) is 72.1. The summed E-state index contributed by atoms with van der Waals surface area (Å²) in [7, 11) is 9.20. The van der Waals surface area contributed by atoms with Gasteiger partial charge in [0, 0.05) is 73.9 Å². The number of nitrogens with two attached hydrogens (primary N) is 6. The zero-order valence-electron chi connectivity index (χ0n) is 91.1. The lowest BCUT2D eigenvalue weighted by Crippen LogP contribution is -2.22. The first kappa shape index (κ1) is 113. The molecule has 0 aliphatic rings. The number of nitrogen functional groups attached to an aromatic ring is 6. The monoisotopic (exact) mass is 2060 g/mol. The number of pyridine rings is 6. The summed E-state index contributed by atoms with van der Waals surface area (Å²) in [5.74, 6) is 13.3. The van der Waals surface area contributed by atoms with Gasteiger partial charge in [-0.25, -0.2) is 59.8 Å². The second-order valence-electron chi connectivity index (χ2n) is 38.3. The number of benzene rings is 6. The van der Waals surface area contributed by atoms with E-state index >= 15 is 0 Å². The summed E-state index contributed by atoms with van der Waals surface area (Å²) >= 11 is 0. The fourth-order valence-corrected chi connectivity index (χ4v) is 17.1. The molecule has 0 saturated heterocycles.